The van der Waals surface area contributed by atoms with Crippen LogP contribution >= 0.6 is 0 Å². The number of rotatable bonds is 3. The molecular formula is C25H34N4O3. The molecule has 1 spiro atoms. The van der Waals surface area contributed by atoms with E-state index in [9.17, 15) is 4.79 Å². The molecule has 7 heteroatoms. The van der Waals surface area contributed by atoms with Crippen LogP contribution in [0.4, 0.5) is 5.69 Å². The Bertz CT molecular complexity index is 908. The number of nitrogens with zero attached hydrogens (tertiary/aromatic N) is 4. The van der Waals surface area contributed by atoms with E-state index < -0.39 is 0 Å². The maximum absolute atomic E-state index is 13.0. The van der Waals surface area contributed by atoms with Crippen LogP contribution in [0.15, 0.2) is 34.9 Å². The van der Waals surface area contributed by atoms with E-state index in [1.165, 1.54) is 5.69 Å². The predicted octanol–water partition coefficient (Wildman–Crippen LogP) is 3.27. The molecule has 0 bridgehead atoms. The Morgan fingerprint density at radius 3 is 2.41 bits per heavy atom. The molecular weight excluding hydrogens is 404 g/mol. The van der Waals surface area contributed by atoms with Gasteiger partial charge in [-0.1, -0.05) is 23.4 Å². The molecule has 0 saturated carbocycles. The van der Waals surface area contributed by atoms with Crippen molar-refractivity contribution >= 4 is 11.6 Å². The molecule has 4 heterocycles. The molecule has 3 saturated heterocycles. The molecule has 3 aliphatic heterocycles. The number of piperidine rings is 1. The Kier molecular flexibility index (Phi) is 5.95. The quantitative estimate of drug-likeness (QED) is 0.733. The van der Waals surface area contributed by atoms with Gasteiger partial charge in [-0.25, -0.2) is 0 Å². The Hall–Kier alpha value is -2.38. The smallest absolute Gasteiger partial charge is 0.259 e. The summed E-state index contributed by atoms with van der Waals surface area (Å²) in [6.45, 7) is 10.3. The minimum absolute atomic E-state index is 0.0421. The Morgan fingerprint density at radius 1 is 1.03 bits per heavy atom. The molecule has 0 N–H and O–H groups in total. The summed E-state index contributed by atoms with van der Waals surface area (Å²) in [6, 6.07) is 11.3. The zero-order chi connectivity index (χ0) is 22.1. The van der Waals surface area contributed by atoms with Gasteiger partial charge < -0.3 is 19.1 Å². The first kappa shape index (κ1) is 21.5. The van der Waals surface area contributed by atoms with Gasteiger partial charge in [0.2, 0.25) is 0 Å². The van der Waals surface area contributed by atoms with Crippen molar-refractivity contribution in [2.24, 2.45) is 0 Å². The third kappa shape index (κ3) is 4.16. The minimum atomic E-state index is -0.0883. The van der Waals surface area contributed by atoms with Crippen LogP contribution < -0.4 is 4.90 Å². The molecule has 1 aromatic carbocycles. The summed E-state index contributed by atoms with van der Waals surface area (Å²) in [7, 11) is 0. The van der Waals surface area contributed by atoms with E-state index in [0.717, 1.165) is 71.6 Å². The predicted molar refractivity (Wildman–Crippen MR) is 123 cm³/mol. The standard InChI is InChI=1S/C25H34N4O3/c1-19-23(20(2)32-26-19)24(30)29-11-9-25(10-12-29)18-22(8-17-31-25)28-15-13-27(14-16-28)21-6-4-3-5-7-21/h3-7,22H,8-18H2,1-2H3. The Labute approximate surface area is 190 Å². The maximum atomic E-state index is 13.0. The van der Waals surface area contributed by atoms with E-state index in [1.807, 2.05) is 18.7 Å². The van der Waals surface area contributed by atoms with Gasteiger partial charge in [-0.15, -0.1) is 0 Å². The zero-order valence-electron chi connectivity index (χ0n) is 19.3. The monoisotopic (exact) mass is 438 g/mol. The summed E-state index contributed by atoms with van der Waals surface area (Å²) in [5.74, 6) is 0.650. The lowest BCUT2D eigenvalue weighted by molar-refractivity contribution is -0.130. The Morgan fingerprint density at radius 2 is 1.75 bits per heavy atom. The van der Waals surface area contributed by atoms with Crippen molar-refractivity contribution in [1.82, 2.24) is 15.0 Å². The number of hydrogen-bond acceptors (Lipinski definition) is 6. The molecule has 0 aliphatic carbocycles. The number of para-hydroxylation sites is 1. The van der Waals surface area contributed by atoms with E-state index >= 15 is 0 Å². The highest BCUT2D eigenvalue weighted by molar-refractivity contribution is 5.96. The molecule has 32 heavy (non-hydrogen) atoms. The van der Waals surface area contributed by atoms with Crippen LogP contribution in [0.25, 0.3) is 0 Å². The third-order valence-electron chi connectivity index (χ3n) is 7.63. The average molecular weight is 439 g/mol. The van der Waals surface area contributed by atoms with Gasteiger partial charge in [-0.3, -0.25) is 9.69 Å². The van der Waals surface area contributed by atoms with Crippen molar-refractivity contribution in [1.29, 1.82) is 0 Å². The number of carbonyl (C=O) groups is 1. The largest absolute Gasteiger partial charge is 0.375 e. The lowest BCUT2D eigenvalue weighted by Gasteiger charge is -2.49. The van der Waals surface area contributed by atoms with Gasteiger partial charge in [-0.05, 0) is 51.7 Å². The summed E-state index contributed by atoms with van der Waals surface area (Å²) in [5, 5.41) is 3.95. The first-order chi connectivity index (χ1) is 15.5. The molecule has 3 fully saturated rings. The van der Waals surface area contributed by atoms with E-state index in [0.29, 0.717) is 23.1 Å². The number of benzene rings is 1. The van der Waals surface area contributed by atoms with Crippen LogP contribution in [-0.2, 0) is 4.74 Å². The van der Waals surface area contributed by atoms with Crippen molar-refractivity contribution in [2.45, 2.75) is 51.2 Å². The molecule has 7 nitrogen and oxygen atoms in total. The molecule has 172 valence electrons. The molecule has 1 amide bonds. The average Bonchev–Trinajstić information content (AvgIpc) is 3.17. The van der Waals surface area contributed by atoms with Crippen molar-refractivity contribution in [3.05, 3.63) is 47.3 Å². The van der Waals surface area contributed by atoms with Crippen LogP contribution in [0.1, 0.15) is 47.5 Å². The number of anilines is 1. The highest BCUT2D eigenvalue weighted by Gasteiger charge is 2.43. The van der Waals surface area contributed by atoms with Crippen molar-refractivity contribution in [3.63, 3.8) is 0 Å². The lowest BCUT2D eigenvalue weighted by atomic mass is 9.81. The molecule has 3 aliphatic rings. The molecule has 1 aromatic heterocycles. The molecule has 5 rings (SSSR count). The van der Waals surface area contributed by atoms with Gasteiger partial charge in [0.15, 0.2) is 0 Å². The van der Waals surface area contributed by atoms with Gasteiger partial charge in [0.1, 0.15) is 11.3 Å². The number of aryl methyl sites for hydroxylation is 2. The van der Waals surface area contributed by atoms with Crippen molar-refractivity contribution < 1.29 is 14.1 Å². The van der Waals surface area contributed by atoms with Gasteiger partial charge in [0, 0.05) is 57.6 Å². The first-order valence-electron chi connectivity index (χ1n) is 11.9. The fraction of sp³-hybridized carbons (Fsp3) is 0.600. The highest BCUT2D eigenvalue weighted by atomic mass is 16.5. The number of likely N-dealkylation sites (tertiary alicyclic amines) is 1. The maximum Gasteiger partial charge on any atom is 0.259 e. The number of piperazine rings is 1. The van der Waals surface area contributed by atoms with Crippen LogP contribution in [0.5, 0.6) is 0 Å². The SMILES string of the molecule is Cc1noc(C)c1C(=O)N1CCC2(CC1)CC(N1CCN(c3ccccc3)CC1)CCO2. The number of ether oxygens (including phenoxy) is 1. The van der Waals surface area contributed by atoms with E-state index in [2.05, 4.69) is 45.3 Å². The van der Waals surface area contributed by atoms with E-state index in [-0.39, 0.29) is 11.5 Å². The van der Waals surface area contributed by atoms with Crippen LogP contribution in [0.3, 0.4) is 0 Å². The van der Waals surface area contributed by atoms with Gasteiger partial charge >= 0.3 is 0 Å². The number of amides is 1. The molecule has 2 aromatic rings. The molecule has 1 unspecified atom stereocenters. The van der Waals surface area contributed by atoms with Gasteiger partial charge in [0.05, 0.1) is 11.3 Å². The molecule has 0 radical (unpaired) electrons. The summed E-state index contributed by atoms with van der Waals surface area (Å²) in [6.07, 6.45) is 3.99. The topological polar surface area (TPSA) is 62.1 Å². The van der Waals surface area contributed by atoms with Gasteiger partial charge in [-0.2, -0.15) is 0 Å². The molecule has 1 atom stereocenters. The number of hydrogen-bond donors (Lipinski definition) is 0. The summed E-state index contributed by atoms with van der Waals surface area (Å²) in [5.41, 5.74) is 2.54. The van der Waals surface area contributed by atoms with Crippen molar-refractivity contribution in [3.8, 4) is 0 Å². The van der Waals surface area contributed by atoms with Crippen LogP contribution in [0.2, 0.25) is 0 Å². The summed E-state index contributed by atoms with van der Waals surface area (Å²) >= 11 is 0. The number of aromatic nitrogens is 1. The fourth-order valence-electron chi connectivity index (χ4n) is 5.71. The second-order valence-corrected chi connectivity index (χ2v) is 9.53. The lowest BCUT2D eigenvalue weighted by Crippen LogP contribution is -2.57. The zero-order valence-corrected chi connectivity index (χ0v) is 19.3. The van der Waals surface area contributed by atoms with E-state index in [1.54, 1.807) is 0 Å². The van der Waals surface area contributed by atoms with E-state index in [4.69, 9.17) is 9.26 Å². The summed E-state index contributed by atoms with van der Waals surface area (Å²) in [4.78, 5) is 20.1. The Balaban J connectivity index is 1.17. The minimum Gasteiger partial charge on any atom is -0.375 e. The highest BCUT2D eigenvalue weighted by Crippen LogP contribution is 2.37. The third-order valence-corrected chi connectivity index (χ3v) is 7.63. The number of carbonyl (C=O) groups excluding carboxylic acids is 1. The summed E-state index contributed by atoms with van der Waals surface area (Å²) < 4.78 is 11.6. The van der Waals surface area contributed by atoms with Crippen molar-refractivity contribution in [2.75, 3.05) is 50.8 Å². The normalized spacial score (nSPS) is 24.1. The van der Waals surface area contributed by atoms with Gasteiger partial charge in [0.25, 0.3) is 5.91 Å². The van der Waals surface area contributed by atoms with Crippen LogP contribution in [0, 0.1) is 13.8 Å². The second kappa shape index (κ2) is 8.87. The first-order valence-corrected chi connectivity index (χ1v) is 11.9. The van der Waals surface area contributed by atoms with Crippen LogP contribution in [-0.4, -0.2) is 78.4 Å². The fourth-order valence-corrected chi connectivity index (χ4v) is 5.71. The second-order valence-electron chi connectivity index (χ2n) is 9.53.